The average Bonchev–Trinajstić information content (AvgIpc) is 0.759. The minimum absolute atomic E-state index is 0.731. The first-order chi connectivity index (χ1) is 65.1. The van der Waals surface area contributed by atoms with Crippen LogP contribution < -0.4 is 90.7 Å². The summed E-state index contributed by atoms with van der Waals surface area (Å²) < 4.78 is 11.2. The Bertz CT molecular complexity index is 5740. The van der Waals surface area contributed by atoms with Crippen LogP contribution in [0.4, 0.5) is 45.5 Å². The van der Waals surface area contributed by atoms with Gasteiger partial charge in [-0.3, -0.25) is 0 Å². The number of rotatable bonds is 26. The Hall–Kier alpha value is -12.6. The summed E-state index contributed by atoms with van der Waals surface area (Å²) in [6.45, 7) is 32.4. The Morgan fingerprint density at radius 3 is 0.867 bits per heavy atom. The Morgan fingerprint density at radius 1 is 0.319 bits per heavy atom. The van der Waals surface area contributed by atoms with E-state index in [1.807, 2.05) is 121 Å². The van der Waals surface area contributed by atoms with Crippen LogP contribution in [0.2, 0.25) is 0 Å². The Kier molecular flexibility index (Phi) is 40.1. The van der Waals surface area contributed by atoms with E-state index in [0.29, 0.717) is 0 Å². The molecule has 0 amide bonds. The number of nitrogens with zero attached hydrogens (tertiary/aromatic N) is 7. The molecule has 135 heavy (non-hydrogen) atoms. The number of hydrogen-bond donors (Lipinski definition) is 13. The molecule has 0 radical (unpaired) electrons. The zero-order valence-electron chi connectivity index (χ0n) is 83.7. The van der Waals surface area contributed by atoms with Crippen LogP contribution in [0, 0.1) is 0 Å². The number of nitrogens with one attached hydrogen (secondary N) is 4. The van der Waals surface area contributed by atoms with Gasteiger partial charge >= 0.3 is 0 Å². The lowest BCUT2D eigenvalue weighted by molar-refractivity contribution is -0.934. The van der Waals surface area contributed by atoms with E-state index in [2.05, 4.69) is 290 Å². The molecule has 0 saturated carbocycles. The highest BCUT2D eigenvalue weighted by Crippen LogP contribution is 2.38. The average molecular weight is 1820 g/mol. The van der Waals surface area contributed by atoms with Crippen LogP contribution in [0.3, 0.4) is 0 Å². The number of unbranched alkanes of at least 4 members (excludes halogenated alkanes) is 4. The number of aryl methyl sites for hydroxylation is 4. The van der Waals surface area contributed by atoms with Gasteiger partial charge in [-0.15, -0.1) is 0 Å². The molecule has 12 aromatic carbocycles. The van der Waals surface area contributed by atoms with Crippen molar-refractivity contribution in [3.05, 3.63) is 267 Å². The summed E-state index contributed by atoms with van der Waals surface area (Å²) in [5, 5.41) is 24.0. The van der Waals surface area contributed by atoms with E-state index in [-0.39, 0.29) is 0 Å². The Morgan fingerprint density at radius 2 is 0.593 bits per heavy atom. The predicted octanol–water partition coefficient (Wildman–Crippen LogP) is 17.5. The van der Waals surface area contributed by atoms with Crippen molar-refractivity contribution in [1.29, 1.82) is 0 Å². The van der Waals surface area contributed by atoms with E-state index < -0.39 is 0 Å². The highest BCUT2D eigenvalue weighted by atomic mass is 15.3. The third kappa shape index (κ3) is 28.7. The molecule has 0 spiro atoms. The standard InChI is InChI=1S/4C20H17N3.C10H25N2.C9H22N.C8H21N3.C8H18N2/c4*1-23-19-12-15(22)8-10-17(19)16-9-7-14(21)11-18(16)20(23)13-5-3-2-4-6-13;1-6-7-9-12(4,5)10-8-11(2)3;1-5-8-9-10(4,6-2)7-3;1-2-3-5-10-7-8-11-6-4-9;1-2-3-6-10-7-4-9-5-8-10/h4*2-12,22H,21H2,1H3;6-10H2,1-5H3;5-9H2,1-4H3;10-11H,2-9H2,1H3;9H,2-8H2,1H3/q;;;;2*+1;;/p+5. The van der Waals surface area contributed by atoms with Gasteiger partial charge < -0.3 is 86.3 Å². The summed E-state index contributed by atoms with van der Waals surface area (Å²) in [5.74, 6) is 0. The lowest BCUT2D eigenvalue weighted by atomic mass is 9.98. The largest absolute Gasteiger partial charge is 0.399 e. The van der Waals surface area contributed by atoms with Crippen molar-refractivity contribution in [2.75, 3.05) is 186 Å². The number of pyridine rings is 4. The number of fused-ring (bicyclic) bond motifs is 12. The van der Waals surface area contributed by atoms with Crippen LogP contribution in [0.5, 0.6) is 0 Å². The molecule has 16 aromatic rings. The van der Waals surface area contributed by atoms with Gasteiger partial charge in [0.2, 0.25) is 44.8 Å². The number of hydrogen-bond acceptors (Lipinski definition) is 13. The van der Waals surface area contributed by atoms with Gasteiger partial charge in [-0.05, 0) is 198 Å². The molecule has 4 aromatic heterocycles. The van der Waals surface area contributed by atoms with Crippen LogP contribution >= 0.6 is 0 Å². The SMILES string of the molecule is CCCCN1CCNCC1.CCCCNCCNCCN.CCCC[N+](C)(C)CC[NH+](C)C.CCCC[N+](C)(CC)CC.C[n+]1c(-c2ccccc2)c2cc(N)ccc2c2ccc(N)cc21.C[n+]1c(-c2ccccc2)c2cc(N)ccc2c2ccc(N)cc21.C[n+]1c(-c2ccccc2)c2cc(N)ccc2c2ccc(N)cc21.C[n+]1c(-c2ccccc2)c2cc(N)ccc2c2ccc(N)cc21. The van der Waals surface area contributed by atoms with Crippen molar-refractivity contribution >= 4 is 132 Å². The normalized spacial score (nSPS) is 12.0. The Balaban J connectivity index is 0.000000164. The van der Waals surface area contributed by atoms with Crippen LogP contribution in [0.25, 0.3) is 132 Å². The molecule has 1 aliphatic rings. The molecule has 0 aliphatic carbocycles. The van der Waals surface area contributed by atoms with Crippen LogP contribution in [-0.2, 0) is 28.2 Å². The van der Waals surface area contributed by atoms with Crippen molar-refractivity contribution in [2.45, 2.75) is 92.9 Å². The van der Waals surface area contributed by atoms with Gasteiger partial charge in [0.25, 0.3) is 0 Å². The lowest BCUT2D eigenvalue weighted by Crippen LogP contribution is -3.06. The number of nitrogens with two attached hydrogens (primary N) is 9. The molecule has 0 bridgehead atoms. The fourth-order valence-corrected chi connectivity index (χ4v) is 17.6. The number of aromatic nitrogens is 4. The smallest absolute Gasteiger partial charge is 0.220 e. The molecule has 0 unspecified atom stereocenters. The molecular weight excluding hydrogens is 1660 g/mol. The highest BCUT2D eigenvalue weighted by Gasteiger charge is 2.27. The maximum Gasteiger partial charge on any atom is 0.220 e. The molecule has 1 fully saturated rings. The fraction of sp³-hybridized carbons (Fsp3) is 0.339. The quantitative estimate of drug-likeness (QED) is 0.00790. The summed E-state index contributed by atoms with van der Waals surface area (Å²) in [7, 11) is 19.8. The first-order valence-corrected chi connectivity index (χ1v) is 48.9. The van der Waals surface area contributed by atoms with E-state index in [4.69, 9.17) is 51.6 Å². The number of quaternary nitrogens is 3. The first kappa shape index (κ1) is 104. The monoisotopic (exact) mass is 1820 g/mol. The van der Waals surface area contributed by atoms with Gasteiger partial charge in [0.15, 0.2) is 0 Å². The molecule has 22 N–H and O–H groups in total. The van der Waals surface area contributed by atoms with E-state index in [9.17, 15) is 0 Å². The van der Waals surface area contributed by atoms with Crippen molar-refractivity contribution in [3.63, 3.8) is 0 Å². The summed E-state index contributed by atoms with van der Waals surface area (Å²) in [6.07, 6.45) is 10.6. The zero-order valence-corrected chi connectivity index (χ0v) is 83.7. The molecule has 1 saturated heterocycles. The van der Waals surface area contributed by atoms with Crippen molar-refractivity contribution in [1.82, 2.24) is 20.9 Å². The topological polar surface area (TPSA) is 293 Å². The first-order valence-electron chi connectivity index (χ1n) is 48.9. The minimum Gasteiger partial charge on any atom is -0.399 e. The van der Waals surface area contributed by atoms with Gasteiger partial charge in [-0.25, -0.2) is 0 Å². The zero-order chi connectivity index (χ0) is 97.1. The lowest BCUT2D eigenvalue weighted by Gasteiger charge is -2.31. The van der Waals surface area contributed by atoms with Crippen LogP contribution in [0.15, 0.2) is 267 Å². The van der Waals surface area contributed by atoms with E-state index in [1.54, 1.807) is 4.90 Å². The molecule has 0 atom stereocenters. The maximum atomic E-state index is 6.06. The van der Waals surface area contributed by atoms with Gasteiger partial charge in [-0.2, -0.15) is 18.3 Å². The summed E-state index contributed by atoms with van der Waals surface area (Å²) in [4.78, 5) is 4.10. The number of piperazine rings is 1. The molecule has 5 heterocycles. The number of benzene rings is 12. The summed E-state index contributed by atoms with van der Waals surface area (Å²) in [6, 6.07) is 90.1. The van der Waals surface area contributed by atoms with Crippen LogP contribution in [-0.4, -0.2) is 154 Å². The van der Waals surface area contributed by atoms with E-state index >= 15 is 0 Å². The van der Waals surface area contributed by atoms with Crippen molar-refractivity contribution in [3.8, 4) is 45.0 Å². The highest BCUT2D eigenvalue weighted by molar-refractivity contribution is 6.14. The van der Waals surface area contributed by atoms with Crippen LogP contribution in [0.1, 0.15) is 92.9 Å². The van der Waals surface area contributed by atoms with Crippen molar-refractivity contribution in [2.24, 2.45) is 33.9 Å². The second-order valence-electron chi connectivity index (χ2n) is 37.0. The molecule has 1 aliphatic heterocycles. The maximum absolute atomic E-state index is 6.06. The molecule has 712 valence electrons. The van der Waals surface area contributed by atoms with Gasteiger partial charge in [0.05, 0.1) is 105 Å². The van der Waals surface area contributed by atoms with E-state index in [0.717, 1.165) is 167 Å². The molecular formula is C115H159N20+7. The number of nitrogen functional groups attached to an aromatic ring is 8. The minimum atomic E-state index is 0.731. The third-order valence-electron chi connectivity index (χ3n) is 25.9. The molecule has 20 heteroatoms. The number of likely N-dealkylation sites (N-methyl/N-ethyl adjacent to an activating group) is 2. The van der Waals surface area contributed by atoms with Gasteiger partial charge in [0, 0.05) is 166 Å². The van der Waals surface area contributed by atoms with E-state index in [1.165, 1.54) is 175 Å². The summed E-state index contributed by atoms with van der Waals surface area (Å²) >= 11 is 0. The molecule has 17 rings (SSSR count). The Labute approximate surface area is 804 Å². The van der Waals surface area contributed by atoms with Gasteiger partial charge in [-0.1, -0.05) is 150 Å². The second-order valence-corrected chi connectivity index (χ2v) is 37.0. The third-order valence-corrected chi connectivity index (χ3v) is 25.9. The van der Waals surface area contributed by atoms with Gasteiger partial charge in [0.1, 0.15) is 41.3 Å². The molecule has 20 nitrogen and oxygen atoms in total. The predicted molar refractivity (Wildman–Crippen MR) is 583 cm³/mol. The fourth-order valence-electron chi connectivity index (χ4n) is 17.6. The second kappa shape index (κ2) is 51.8. The summed E-state index contributed by atoms with van der Waals surface area (Å²) in [5.41, 5.74) is 73.4. The van der Waals surface area contributed by atoms with Crippen molar-refractivity contribution < 1.29 is 32.1 Å². The number of anilines is 8.